The predicted molar refractivity (Wildman–Crippen MR) is 42.3 cm³/mol. The van der Waals surface area contributed by atoms with E-state index in [-0.39, 0.29) is 18.0 Å². The van der Waals surface area contributed by atoms with Gasteiger partial charge in [0.15, 0.2) is 0 Å². The predicted octanol–water partition coefficient (Wildman–Crippen LogP) is 0.566. The van der Waals surface area contributed by atoms with Crippen molar-refractivity contribution in [3.8, 4) is 0 Å². The van der Waals surface area contributed by atoms with Crippen LogP contribution in [0.15, 0.2) is 0 Å². The maximum atomic E-state index is 11.1. The van der Waals surface area contributed by atoms with Crippen molar-refractivity contribution < 1.29 is 14.6 Å². The van der Waals surface area contributed by atoms with Crippen molar-refractivity contribution in [1.29, 1.82) is 0 Å². The van der Waals surface area contributed by atoms with Crippen LogP contribution in [0.5, 0.6) is 0 Å². The molecule has 12 heavy (non-hydrogen) atoms. The highest BCUT2D eigenvalue weighted by Gasteiger charge is 2.48. The van der Waals surface area contributed by atoms with Gasteiger partial charge in [-0.1, -0.05) is 0 Å². The Morgan fingerprint density at radius 1 is 1.42 bits per heavy atom. The Bertz CT molecular complexity index is 202. The SMILES string of the molecule is COC(=O)C1CC2CC(O)C2C1. The molecular weight excluding hydrogens is 156 g/mol. The van der Waals surface area contributed by atoms with Gasteiger partial charge in [-0.25, -0.2) is 0 Å². The zero-order valence-corrected chi connectivity index (χ0v) is 7.19. The molecule has 2 saturated carbocycles. The Balaban J connectivity index is 1.94. The lowest BCUT2D eigenvalue weighted by atomic mass is 9.74. The fourth-order valence-electron chi connectivity index (χ4n) is 2.55. The van der Waals surface area contributed by atoms with Crippen molar-refractivity contribution in [3.05, 3.63) is 0 Å². The second-order valence-electron chi connectivity index (χ2n) is 3.92. The topological polar surface area (TPSA) is 46.5 Å². The van der Waals surface area contributed by atoms with Gasteiger partial charge in [-0.15, -0.1) is 0 Å². The molecule has 0 aromatic carbocycles. The van der Waals surface area contributed by atoms with E-state index in [0.717, 1.165) is 19.3 Å². The van der Waals surface area contributed by atoms with Gasteiger partial charge in [0.2, 0.25) is 0 Å². The number of ether oxygens (including phenoxy) is 1. The van der Waals surface area contributed by atoms with Crippen molar-refractivity contribution >= 4 is 5.97 Å². The molecule has 2 rings (SSSR count). The summed E-state index contributed by atoms with van der Waals surface area (Å²) >= 11 is 0. The average molecular weight is 170 g/mol. The van der Waals surface area contributed by atoms with Crippen LogP contribution in [0.3, 0.4) is 0 Å². The first-order valence-electron chi connectivity index (χ1n) is 4.48. The monoisotopic (exact) mass is 170 g/mol. The molecule has 0 aromatic heterocycles. The lowest BCUT2D eigenvalue weighted by molar-refractivity contribution is -0.145. The van der Waals surface area contributed by atoms with Crippen molar-refractivity contribution in [2.24, 2.45) is 17.8 Å². The van der Waals surface area contributed by atoms with Gasteiger partial charge in [0.1, 0.15) is 0 Å². The molecule has 0 aliphatic heterocycles. The molecule has 0 heterocycles. The standard InChI is InChI=1S/C9H14O3/c1-12-9(11)6-2-5-4-8(10)7(5)3-6/h5-8,10H,2-4H2,1H3. The van der Waals surface area contributed by atoms with Crippen LogP contribution in [-0.4, -0.2) is 24.3 Å². The van der Waals surface area contributed by atoms with Crippen molar-refractivity contribution in [3.63, 3.8) is 0 Å². The fraction of sp³-hybridized carbons (Fsp3) is 0.889. The van der Waals surface area contributed by atoms with E-state index in [1.165, 1.54) is 7.11 Å². The van der Waals surface area contributed by atoms with Crippen LogP contribution in [0.25, 0.3) is 0 Å². The van der Waals surface area contributed by atoms with E-state index in [1.54, 1.807) is 0 Å². The molecule has 2 fully saturated rings. The number of aliphatic hydroxyl groups is 1. The number of esters is 1. The van der Waals surface area contributed by atoms with Gasteiger partial charge in [-0.05, 0) is 31.1 Å². The normalized spacial score (nSPS) is 44.8. The highest BCUT2D eigenvalue weighted by molar-refractivity contribution is 5.72. The van der Waals surface area contributed by atoms with Crippen LogP contribution >= 0.6 is 0 Å². The van der Waals surface area contributed by atoms with Crippen LogP contribution in [-0.2, 0) is 9.53 Å². The summed E-state index contributed by atoms with van der Waals surface area (Å²) in [5.41, 5.74) is 0. The Labute approximate surface area is 71.7 Å². The lowest BCUT2D eigenvalue weighted by Crippen LogP contribution is -2.37. The van der Waals surface area contributed by atoms with E-state index in [4.69, 9.17) is 0 Å². The molecule has 4 unspecified atom stereocenters. The minimum absolute atomic E-state index is 0.0575. The zero-order valence-electron chi connectivity index (χ0n) is 7.19. The summed E-state index contributed by atoms with van der Waals surface area (Å²) in [4.78, 5) is 11.1. The largest absolute Gasteiger partial charge is 0.469 e. The summed E-state index contributed by atoms with van der Waals surface area (Å²) in [6.45, 7) is 0. The second-order valence-corrected chi connectivity index (χ2v) is 3.92. The van der Waals surface area contributed by atoms with Gasteiger partial charge < -0.3 is 9.84 Å². The lowest BCUT2D eigenvalue weighted by Gasteiger charge is -2.36. The summed E-state index contributed by atoms with van der Waals surface area (Å²) in [6, 6.07) is 0. The van der Waals surface area contributed by atoms with E-state index in [1.807, 2.05) is 0 Å². The summed E-state index contributed by atoms with van der Waals surface area (Å²) in [5.74, 6) is 0.928. The van der Waals surface area contributed by atoms with Gasteiger partial charge in [0.25, 0.3) is 0 Å². The highest BCUT2D eigenvalue weighted by Crippen LogP contribution is 2.49. The smallest absolute Gasteiger partial charge is 0.308 e. The van der Waals surface area contributed by atoms with Crippen molar-refractivity contribution in [2.45, 2.75) is 25.4 Å². The minimum atomic E-state index is -0.148. The van der Waals surface area contributed by atoms with Gasteiger partial charge in [0.05, 0.1) is 19.1 Å². The molecular formula is C9H14O3. The highest BCUT2D eigenvalue weighted by atomic mass is 16.5. The maximum Gasteiger partial charge on any atom is 0.308 e. The first-order chi connectivity index (χ1) is 5.72. The molecule has 0 amide bonds. The Kier molecular flexibility index (Phi) is 1.83. The van der Waals surface area contributed by atoms with Gasteiger partial charge in [-0.3, -0.25) is 4.79 Å². The van der Waals surface area contributed by atoms with Gasteiger partial charge >= 0.3 is 5.97 Å². The maximum absolute atomic E-state index is 11.1. The Hall–Kier alpha value is -0.570. The molecule has 2 aliphatic carbocycles. The third kappa shape index (κ3) is 1.04. The summed E-state index contributed by atoms with van der Waals surface area (Å²) < 4.78 is 4.67. The second kappa shape index (κ2) is 2.73. The first kappa shape index (κ1) is 8.05. The third-order valence-electron chi connectivity index (χ3n) is 3.32. The zero-order chi connectivity index (χ0) is 8.72. The summed E-state index contributed by atoms with van der Waals surface area (Å²) in [7, 11) is 1.43. The first-order valence-corrected chi connectivity index (χ1v) is 4.48. The number of fused-ring (bicyclic) bond motifs is 1. The average Bonchev–Trinajstić information content (AvgIpc) is 2.41. The number of hydrogen-bond donors (Lipinski definition) is 1. The van der Waals surface area contributed by atoms with Gasteiger partial charge in [-0.2, -0.15) is 0 Å². The van der Waals surface area contributed by atoms with Crippen LogP contribution in [0.2, 0.25) is 0 Å². The molecule has 0 aromatic rings. The van der Waals surface area contributed by atoms with E-state index in [0.29, 0.717) is 11.8 Å². The summed E-state index contributed by atoms with van der Waals surface area (Å²) in [6.07, 6.45) is 2.50. The number of carbonyl (C=O) groups is 1. The quantitative estimate of drug-likeness (QED) is 0.585. The van der Waals surface area contributed by atoms with Crippen LogP contribution in [0.1, 0.15) is 19.3 Å². The Morgan fingerprint density at radius 3 is 2.67 bits per heavy atom. The summed E-state index contributed by atoms with van der Waals surface area (Å²) in [5, 5.41) is 9.34. The number of carbonyl (C=O) groups excluding carboxylic acids is 1. The molecule has 3 heteroatoms. The van der Waals surface area contributed by atoms with E-state index < -0.39 is 0 Å². The van der Waals surface area contributed by atoms with Crippen molar-refractivity contribution in [1.82, 2.24) is 0 Å². The van der Waals surface area contributed by atoms with Crippen LogP contribution in [0.4, 0.5) is 0 Å². The fourth-order valence-corrected chi connectivity index (χ4v) is 2.55. The molecule has 0 saturated heterocycles. The molecule has 0 spiro atoms. The van der Waals surface area contributed by atoms with Crippen LogP contribution < -0.4 is 0 Å². The number of rotatable bonds is 1. The molecule has 0 radical (unpaired) electrons. The van der Waals surface area contributed by atoms with Crippen molar-refractivity contribution in [2.75, 3.05) is 7.11 Å². The number of aliphatic hydroxyl groups excluding tert-OH is 1. The minimum Gasteiger partial charge on any atom is -0.469 e. The van der Waals surface area contributed by atoms with E-state index in [2.05, 4.69) is 4.74 Å². The molecule has 2 aliphatic rings. The molecule has 0 bridgehead atoms. The van der Waals surface area contributed by atoms with E-state index >= 15 is 0 Å². The Morgan fingerprint density at radius 2 is 2.17 bits per heavy atom. The van der Waals surface area contributed by atoms with E-state index in [9.17, 15) is 9.90 Å². The van der Waals surface area contributed by atoms with Crippen LogP contribution in [0, 0.1) is 17.8 Å². The van der Waals surface area contributed by atoms with Gasteiger partial charge in [0, 0.05) is 0 Å². The third-order valence-corrected chi connectivity index (χ3v) is 3.32. The molecule has 3 nitrogen and oxygen atoms in total. The molecule has 68 valence electrons. The number of hydrogen-bond acceptors (Lipinski definition) is 3. The number of methoxy groups -OCH3 is 1. The molecule has 1 N–H and O–H groups in total. The molecule has 4 atom stereocenters.